The first kappa shape index (κ1) is 10.4. The van der Waals surface area contributed by atoms with Crippen LogP contribution in [0.25, 0.3) is 0 Å². The number of hydrogen-bond acceptors (Lipinski definition) is 2. The van der Waals surface area contributed by atoms with Crippen LogP contribution in [0.2, 0.25) is 0 Å². The molecule has 0 aliphatic rings. The lowest BCUT2D eigenvalue weighted by Crippen LogP contribution is -2.27. The van der Waals surface area contributed by atoms with Crippen molar-refractivity contribution < 1.29 is 4.79 Å². The molecule has 0 aromatic carbocycles. The third-order valence-electron chi connectivity index (χ3n) is 1.84. The molecule has 0 unspecified atom stereocenters. The van der Waals surface area contributed by atoms with E-state index in [-0.39, 0.29) is 11.8 Å². The lowest BCUT2D eigenvalue weighted by atomic mass is 9.97. The molecule has 0 aliphatic heterocycles. The largest absolute Gasteiger partial charge is 0.327 e. The second-order valence-corrected chi connectivity index (χ2v) is 3.27. The Morgan fingerprint density at radius 3 is 2.27 bits per heavy atom. The smallest absolute Gasteiger partial charge is 0.155 e. The molecule has 0 amide bonds. The maximum Gasteiger partial charge on any atom is 0.155 e. The highest BCUT2D eigenvalue weighted by molar-refractivity contribution is 5.92. The fourth-order valence-electron chi connectivity index (χ4n) is 0.664. The number of ketones is 1. The highest BCUT2D eigenvalue weighted by Gasteiger charge is 2.10. The minimum atomic E-state index is 0.0427. The van der Waals surface area contributed by atoms with Crippen molar-refractivity contribution in [1.29, 1.82) is 0 Å². The predicted octanol–water partition coefficient (Wildman–Crippen LogP) is 1.50. The maximum atomic E-state index is 10.7. The van der Waals surface area contributed by atoms with E-state index in [1.54, 1.807) is 0 Å². The van der Waals surface area contributed by atoms with Gasteiger partial charge in [-0.05, 0) is 24.8 Å². The molecule has 0 fully saturated rings. The van der Waals surface area contributed by atoms with Crippen molar-refractivity contribution in [2.24, 2.45) is 11.7 Å². The molecule has 1 atom stereocenters. The molecule has 0 aliphatic carbocycles. The quantitative estimate of drug-likeness (QED) is 0.625. The topological polar surface area (TPSA) is 43.1 Å². The van der Waals surface area contributed by atoms with Crippen LogP contribution in [0.15, 0.2) is 12.2 Å². The minimum absolute atomic E-state index is 0.0427. The average Bonchev–Trinajstić information content (AvgIpc) is 1.87. The zero-order valence-electron chi connectivity index (χ0n) is 7.55. The molecule has 0 spiro atoms. The van der Waals surface area contributed by atoms with Crippen molar-refractivity contribution in [2.45, 2.75) is 33.2 Å². The second kappa shape index (κ2) is 4.29. The fraction of sp³-hybridized carbons (Fsp3) is 0.667. The van der Waals surface area contributed by atoms with Gasteiger partial charge in [-0.25, -0.2) is 0 Å². The van der Waals surface area contributed by atoms with Crippen LogP contribution in [0.5, 0.6) is 0 Å². The van der Waals surface area contributed by atoms with E-state index in [2.05, 4.69) is 6.58 Å². The number of nitrogens with two attached hydrogens (primary N) is 1. The van der Waals surface area contributed by atoms with Gasteiger partial charge in [-0.1, -0.05) is 20.4 Å². The van der Waals surface area contributed by atoms with E-state index in [9.17, 15) is 4.79 Å². The standard InChI is InChI=1S/C9H17NO/c1-6(2)9(10)5-7(3)8(4)11/h6,9H,3,5,10H2,1-2,4H3/t9-/m1/s1. The van der Waals surface area contributed by atoms with Crippen molar-refractivity contribution >= 4 is 5.78 Å². The monoisotopic (exact) mass is 155 g/mol. The Kier molecular flexibility index (Phi) is 4.04. The Balaban J connectivity index is 3.85. The van der Waals surface area contributed by atoms with Gasteiger partial charge in [0, 0.05) is 6.04 Å². The number of carbonyl (C=O) groups excluding carboxylic acids is 1. The van der Waals surface area contributed by atoms with E-state index in [1.807, 2.05) is 13.8 Å². The number of Topliss-reactive ketones (excluding diaryl/α,β-unsaturated/α-hetero) is 1. The van der Waals surface area contributed by atoms with Gasteiger partial charge in [0.15, 0.2) is 5.78 Å². The van der Waals surface area contributed by atoms with E-state index in [1.165, 1.54) is 6.92 Å². The van der Waals surface area contributed by atoms with Gasteiger partial charge in [0.05, 0.1) is 0 Å². The molecule has 2 N–H and O–H groups in total. The summed E-state index contributed by atoms with van der Waals surface area (Å²) in [6.07, 6.45) is 0.618. The number of rotatable bonds is 4. The zero-order chi connectivity index (χ0) is 9.02. The van der Waals surface area contributed by atoms with Crippen LogP contribution in [-0.4, -0.2) is 11.8 Å². The van der Waals surface area contributed by atoms with Crippen LogP contribution in [0.1, 0.15) is 27.2 Å². The van der Waals surface area contributed by atoms with Crippen molar-refractivity contribution in [3.63, 3.8) is 0 Å². The third kappa shape index (κ3) is 3.94. The zero-order valence-corrected chi connectivity index (χ0v) is 7.55. The highest BCUT2D eigenvalue weighted by Crippen LogP contribution is 2.09. The Labute approximate surface area is 68.5 Å². The SMILES string of the molecule is C=C(C[C@@H](N)C(C)C)C(C)=O. The van der Waals surface area contributed by atoms with Crippen molar-refractivity contribution in [3.8, 4) is 0 Å². The Bertz CT molecular complexity index is 161. The predicted molar refractivity (Wildman–Crippen MR) is 47.3 cm³/mol. The highest BCUT2D eigenvalue weighted by atomic mass is 16.1. The molecular formula is C9H17NO. The molecular weight excluding hydrogens is 138 g/mol. The van der Waals surface area contributed by atoms with Crippen molar-refractivity contribution in [2.75, 3.05) is 0 Å². The molecule has 0 saturated carbocycles. The summed E-state index contributed by atoms with van der Waals surface area (Å²) in [5.41, 5.74) is 6.37. The summed E-state index contributed by atoms with van der Waals surface area (Å²) in [6, 6.07) is 0.0615. The minimum Gasteiger partial charge on any atom is -0.327 e. The third-order valence-corrected chi connectivity index (χ3v) is 1.84. The van der Waals surface area contributed by atoms with E-state index in [0.29, 0.717) is 17.9 Å². The molecule has 0 bridgehead atoms. The van der Waals surface area contributed by atoms with E-state index in [4.69, 9.17) is 5.73 Å². The Morgan fingerprint density at radius 2 is 2.00 bits per heavy atom. The first-order valence-electron chi connectivity index (χ1n) is 3.89. The molecule has 2 heteroatoms. The van der Waals surface area contributed by atoms with Crippen LogP contribution < -0.4 is 5.73 Å². The van der Waals surface area contributed by atoms with Crippen LogP contribution >= 0.6 is 0 Å². The maximum absolute atomic E-state index is 10.7. The van der Waals surface area contributed by atoms with Gasteiger partial charge in [-0.15, -0.1) is 0 Å². The molecule has 0 aromatic rings. The molecule has 0 radical (unpaired) electrons. The van der Waals surface area contributed by atoms with Crippen molar-refractivity contribution in [3.05, 3.63) is 12.2 Å². The van der Waals surface area contributed by atoms with Gasteiger partial charge in [-0.3, -0.25) is 4.79 Å². The lowest BCUT2D eigenvalue weighted by molar-refractivity contribution is -0.113. The van der Waals surface area contributed by atoms with Gasteiger partial charge in [0.2, 0.25) is 0 Å². The van der Waals surface area contributed by atoms with Crippen LogP contribution in [-0.2, 0) is 4.79 Å². The van der Waals surface area contributed by atoms with Crippen LogP contribution in [0.4, 0.5) is 0 Å². The summed E-state index contributed by atoms with van der Waals surface area (Å²) in [6.45, 7) is 9.25. The lowest BCUT2D eigenvalue weighted by Gasteiger charge is -2.15. The fourth-order valence-corrected chi connectivity index (χ4v) is 0.664. The molecule has 0 heterocycles. The summed E-state index contributed by atoms with van der Waals surface area (Å²) in [5, 5.41) is 0. The average molecular weight is 155 g/mol. The number of carbonyl (C=O) groups is 1. The molecule has 0 saturated heterocycles. The Morgan fingerprint density at radius 1 is 1.55 bits per heavy atom. The van der Waals surface area contributed by atoms with Crippen LogP contribution in [0.3, 0.4) is 0 Å². The molecule has 0 rings (SSSR count). The van der Waals surface area contributed by atoms with Crippen molar-refractivity contribution in [1.82, 2.24) is 0 Å². The van der Waals surface area contributed by atoms with Crippen LogP contribution in [0, 0.1) is 5.92 Å². The summed E-state index contributed by atoms with van der Waals surface area (Å²) >= 11 is 0. The van der Waals surface area contributed by atoms with Gasteiger partial charge in [0.25, 0.3) is 0 Å². The second-order valence-electron chi connectivity index (χ2n) is 3.27. The summed E-state index contributed by atoms with van der Waals surface area (Å²) in [5.74, 6) is 0.451. The van der Waals surface area contributed by atoms with Gasteiger partial charge < -0.3 is 5.73 Å². The van der Waals surface area contributed by atoms with Gasteiger partial charge in [-0.2, -0.15) is 0 Å². The summed E-state index contributed by atoms with van der Waals surface area (Å²) in [7, 11) is 0. The molecule has 2 nitrogen and oxygen atoms in total. The van der Waals surface area contributed by atoms with Gasteiger partial charge >= 0.3 is 0 Å². The molecule has 11 heavy (non-hydrogen) atoms. The van der Waals surface area contributed by atoms with Gasteiger partial charge in [0.1, 0.15) is 0 Å². The van der Waals surface area contributed by atoms with E-state index < -0.39 is 0 Å². The summed E-state index contributed by atoms with van der Waals surface area (Å²) < 4.78 is 0. The normalized spacial score (nSPS) is 13.2. The molecule has 64 valence electrons. The first-order valence-corrected chi connectivity index (χ1v) is 3.89. The first-order chi connectivity index (χ1) is 4.95. The Hall–Kier alpha value is -0.630. The summed E-state index contributed by atoms with van der Waals surface area (Å²) in [4.78, 5) is 10.7. The van der Waals surface area contributed by atoms with E-state index in [0.717, 1.165) is 0 Å². The molecule has 0 aromatic heterocycles. The number of hydrogen-bond donors (Lipinski definition) is 1. The van der Waals surface area contributed by atoms with E-state index >= 15 is 0 Å².